The van der Waals surface area contributed by atoms with E-state index >= 15 is 0 Å². The molecule has 0 amide bonds. The molecule has 0 bridgehead atoms. The summed E-state index contributed by atoms with van der Waals surface area (Å²) in [5, 5.41) is 0.659. The third-order valence-corrected chi connectivity index (χ3v) is 3.63. The van der Waals surface area contributed by atoms with Gasteiger partial charge in [-0.2, -0.15) is 0 Å². The van der Waals surface area contributed by atoms with Gasteiger partial charge >= 0.3 is 5.97 Å². The summed E-state index contributed by atoms with van der Waals surface area (Å²) in [6.45, 7) is 2.46. The van der Waals surface area contributed by atoms with Gasteiger partial charge in [-0.3, -0.25) is 0 Å². The Bertz CT molecular complexity index is 538. The fourth-order valence-electron chi connectivity index (χ4n) is 2.20. The molecule has 5 nitrogen and oxygen atoms in total. The van der Waals surface area contributed by atoms with Crippen LogP contribution in [0.5, 0.6) is 0 Å². The monoisotopic (exact) mass is 393 g/mol. The van der Waals surface area contributed by atoms with Gasteiger partial charge < -0.3 is 19.1 Å². The maximum Gasteiger partial charge on any atom is 0.344 e. The van der Waals surface area contributed by atoms with E-state index in [2.05, 4.69) is 15.9 Å². The van der Waals surface area contributed by atoms with E-state index < -0.39 is 23.2 Å². The molecule has 0 aliphatic carbocycles. The van der Waals surface area contributed by atoms with Crippen molar-refractivity contribution >= 4 is 27.6 Å². The fourth-order valence-corrected chi connectivity index (χ4v) is 2.43. The number of alkyl halides is 1. The average Bonchev–Trinajstić information content (AvgIpc) is 2.55. The van der Waals surface area contributed by atoms with Crippen molar-refractivity contribution in [3.63, 3.8) is 0 Å². The molecule has 1 saturated heterocycles. The molecule has 0 saturated carbocycles. The summed E-state index contributed by atoms with van der Waals surface area (Å²) >= 11 is 3.19. The Kier molecular flexibility index (Phi) is 7.19. The molecule has 0 aromatic heterocycles. The Morgan fingerprint density at radius 3 is 2.65 bits per heavy atom. The number of esters is 1. The number of rotatable bonds is 7. The van der Waals surface area contributed by atoms with Crippen LogP contribution in [0.4, 0.5) is 14.5 Å². The Labute approximate surface area is 141 Å². The lowest BCUT2D eigenvalue weighted by atomic mass is 10.1. The van der Waals surface area contributed by atoms with E-state index in [0.29, 0.717) is 38.2 Å². The maximum atomic E-state index is 14.5. The van der Waals surface area contributed by atoms with Crippen LogP contribution in [0, 0.1) is 11.6 Å². The van der Waals surface area contributed by atoms with Gasteiger partial charge in [0.25, 0.3) is 0 Å². The summed E-state index contributed by atoms with van der Waals surface area (Å²) in [7, 11) is 0. The average molecular weight is 394 g/mol. The van der Waals surface area contributed by atoms with Crippen LogP contribution in [-0.4, -0.2) is 57.4 Å². The third kappa shape index (κ3) is 4.86. The molecule has 1 heterocycles. The number of benzene rings is 1. The molecule has 1 aromatic carbocycles. The van der Waals surface area contributed by atoms with E-state index in [1.807, 2.05) is 0 Å². The molecule has 2 rings (SSSR count). The van der Waals surface area contributed by atoms with Crippen LogP contribution in [-0.2, 0) is 14.2 Å². The van der Waals surface area contributed by atoms with Crippen molar-refractivity contribution < 1.29 is 27.8 Å². The van der Waals surface area contributed by atoms with Gasteiger partial charge in [-0.05, 0) is 12.1 Å². The Morgan fingerprint density at radius 1 is 1.22 bits per heavy atom. The van der Waals surface area contributed by atoms with Gasteiger partial charge in [-0.25, -0.2) is 13.6 Å². The number of hydrogen-bond donors (Lipinski definition) is 0. The number of morpholine rings is 1. The first-order valence-corrected chi connectivity index (χ1v) is 8.39. The summed E-state index contributed by atoms with van der Waals surface area (Å²) in [5.74, 6) is -2.87. The molecule has 128 valence electrons. The SMILES string of the molecule is O=C(OCCOCCBr)c1c(F)ccc(N2CCOCC2)c1F. The van der Waals surface area contributed by atoms with Crippen molar-refractivity contribution in [3.8, 4) is 0 Å². The molecule has 8 heteroatoms. The Balaban J connectivity index is 2.06. The summed E-state index contributed by atoms with van der Waals surface area (Å²) in [6.07, 6.45) is 0. The zero-order valence-corrected chi connectivity index (χ0v) is 14.1. The van der Waals surface area contributed by atoms with Crippen LogP contribution < -0.4 is 4.90 Å². The highest BCUT2D eigenvalue weighted by Gasteiger charge is 2.25. The number of anilines is 1. The highest BCUT2D eigenvalue weighted by Crippen LogP contribution is 2.26. The van der Waals surface area contributed by atoms with Crippen molar-refractivity contribution in [2.45, 2.75) is 0 Å². The van der Waals surface area contributed by atoms with Gasteiger partial charge in [-0.15, -0.1) is 0 Å². The summed E-state index contributed by atoms with van der Waals surface area (Å²) < 4.78 is 43.6. The fraction of sp³-hybridized carbons (Fsp3) is 0.533. The summed E-state index contributed by atoms with van der Waals surface area (Å²) in [5.41, 5.74) is -0.494. The van der Waals surface area contributed by atoms with Gasteiger partial charge in [0.1, 0.15) is 18.0 Å². The van der Waals surface area contributed by atoms with Crippen LogP contribution in [0.15, 0.2) is 12.1 Å². The van der Waals surface area contributed by atoms with Crippen molar-refractivity contribution in [2.24, 2.45) is 0 Å². The molecule has 0 spiro atoms. The lowest BCUT2D eigenvalue weighted by Gasteiger charge is -2.29. The van der Waals surface area contributed by atoms with E-state index in [0.717, 1.165) is 6.07 Å². The molecular formula is C15H18BrF2NO4. The molecule has 1 aliphatic rings. The van der Waals surface area contributed by atoms with E-state index in [1.54, 1.807) is 4.90 Å². The number of hydrogen-bond acceptors (Lipinski definition) is 5. The molecule has 1 fully saturated rings. The van der Waals surface area contributed by atoms with E-state index in [-0.39, 0.29) is 18.9 Å². The van der Waals surface area contributed by atoms with E-state index in [4.69, 9.17) is 14.2 Å². The normalized spacial score (nSPS) is 14.8. The predicted molar refractivity (Wildman–Crippen MR) is 84.3 cm³/mol. The van der Waals surface area contributed by atoms with Gasteiger partial charge in [0.05, 0.1) is 32.1 Å². The summed E-state index contributed by atoms with van der Waals surface area (Å²) in [4.78, 5) is 13.7. The van der Waals surface area contributed by atoms with Crippen LogP contribution in [0.2, 0.25) is 0 Å². The lowest BCUT2D eigenvalue weighted by Crippen LogP contribution is -2.37. The molecule has 1 aliphatic heterocycles. The van der Waals surface area contributed by atoms with Crippen LogP contribution >= 0.6 is 15.9 Å². The van der Waals surface area contributed by atoms with E-state index in [9.17, 15) is 13.6 Å². The van der Waals surface area contributed by atoms with Gasteiger partial charge in [0.2, 0.25) is 0 Å². The Hall–Kier alpha value is -1.25. The number of carbonyl (C=O) groups is 1. The smallest absolute Gasteiger partial charge is 0.344 e. The molecule has 0 atom stereocenters. The van der Waals surface area contributed by atoms with Crippen molar-refractivity contribution in [3.05, 3.63) is 29.3 Å². The Morgan fingerprint density at radius 2 is 1.96 bits per heavy atom. The molecule has 23 heavy (non-hydrogen) atoms. The molecule has 0 unspecified atom stereocenters. The zero-order valence-electron chi connectivity index (χ0n) is 12.5. The first-order chi connectivity index (χ1) is 11.1. The highest BCUT2D eigenvalue weighted by atomic mass is 79.9. The second-order valence-corrected chi connectivity index (χ2v) is 5.59. The third-order valence-electron chi connectivity index (χ3n) is 3.31. The maximum absolute atomic E-state index is 14.5. The van der Waals surface area contributed by atoms with Crippen molar-refractivity contribution in [1.29, 1.82) is 0 Å². The first-order valence-electron chi connectivity index (χ1n) is 7.26. The van der Waals surface area contributed by atoms with Crippen LogP contribution in [0.3, 0.4) is 0 Å². The summed E-state index contributed by atoms with van der Waals surface area (Å²) in [6, 6.07) is 2.40. The number of halogens is 3. The topological polar surface area (TPSA) is 48.0 Å². The van der Waals surface area contributed by atoms with Gasteiger partial charge in [-0.1, -0.05) is 15.9 Å². The van der Waals surface area contributed by atoms with Gasteiger partial charge in [0.15, 0.2) is 5.82 Å². The van der Waals surface area contributed by atoms with E-state index in [1.165, 1.54) is 6.07 Å². The quantitative estimate of drug-likeness (QED) is 0.404. The predicted octanol–water partition coefficient (Wildman–Crippen LogP) is 2.37. The first kappa shape index (κ1) is 18.1. The molecule has 0 N–H and O–H groups in total. The second-order valence-electron chi connectivity index (χ2n) is 4.79. The minimum absolute atomic E-state index is 0.0630. The van der Waals surface area contributed by atoms with Crippen LogP contribution in [0.1, 0.15) is 10.4 Å². The number of carbonyl (C=O) groups excluding carboxylic acids is 1. The minimum atomic E-state index is -1.03. The minimum Gasteiger partial charge on any atom is -0.459 e. The van der Waals surface area contributed by atoms with Gasteiger partial charge in [0, 0.05) is 18.4 Å². The number of ether oxygens (including phenoxy) is 3. The molecule has 1 aromatic rings. The van der Waals surface area contributed by atoms with Crippen LogP contribution in [0.25, 0.3) is 0 Å². The highest BCUT2D eigenvalue weighted by molar-refractivity contribution is 9.09. The zero-order chi connectivity index (χ0) is 16.7. The van der Waals surface area contributed by atoms with Crippen molar-refractivity contribution in [1.82, 2.24) is 0 Å². The lowest BCUT2D eigenvalue weighted by molar-refractivity contribution is 0.0330. The van der Waals surface area contributed by atoms with Crippen molar-refractivity contribution in [2.75, 3.05) is 56.4 Å². The largest absolute Gasteiger partial charge is 0.459 e. The molecule has 0 radical (unpaired) electrons. The second kappa shape index (κ2) is 9.14. The number of nitrogens with zero attached hydrogens (tertiary/aromatic N) is 1. The standard InChI is InChI=1S/C15H18BrF2NO4/c16-3-6-21-9-10-23-15(20)13-11(17)1-2-12(14(13)18)19-4-7-22-8-5-19/h1-2H,3-10H2. The molecular weight excluding hydrogens is 376 g/mol.